The topological polar surface area (TPSA) is 102 Å². The van der Waals surface area contributed by atoms with Crippen molar-refractivity contribution in [2.24, 2.45) is 4.99 Å². The number of hydrogen-bond acceptors (Lipinski definition) is 7. The number of benzene rings is 2. The van der Waals surface area contributed by atoms with Crippen molar-refractivity contribution in [2.45, 2.75) is 51.7 Å². The standard InChI is InChI=1S/C24H30N2O6S2/c1-23(2)13-16-12-19(31-5)22-18(14-24(3,4)32-22)20(16)21(25-23)15-9-8-10-17(11-15)26(33(6,27)28)34(7,29)30/h8-12H,13-14H2,1-7H3. The molecule has 2 aliphatic heterocycles. The highest BCUT2D eigenvalue weighted by molar-refractivity contribution is 8.09. The van der Waals surface area contributed by atoms with Crippen LogP contribution in [0.5, 0.6) is 11.5 Å². The number of hydrogen-bond donors (Lipinski definition) is 0. The van der Waals surface area contributed by atoms with E-state index < -0.39 is 31.2 Å². The van der Waals surface area contributed by atoms with Gasteiger partial charge in [0.15, 0.2) is 11.5 Å². The Hall–Kier alpha value is -2.59. The summed E-state index contributed by atoms with van der Waals surface area (Å²) < 4.78 is 61.7. The maximum Gasteiger partial charge on any atom is 0.245 e. The van der Waals surface area contributed by atoms with Crippen LogP contribution in [0.1, 0.15) is 49.9 Å². The lowest BCUT2D eigenvalue weighted by Gasteiger charge is -2.31. The van der Waals surface area contributed by atoms with E-state index in [0.29, 0.717) is 39.3 Å². The second-order valence-corrected chi connectivity index (χ2v) is 14.1. The largest absolute Gasteiger partial charge is 0.493 e. The summed E-state index contributed by atoms with van der Waals surface area (Å²) in [4.78, 5) is 5.03. The number of anilines is 1. The van der Waals surface area contributed by atoms with Crippen molar-refractivity contribution in [3.63, 3.8) is 0 Å². The molecule has 184 valence electrons. The number of fused-ring (bicyclic) bond motifs is 3. The van der Waals surface area contributed by atoms with Gasteiger partial charge in [0.05, 0.1) is 36.6 Å². The highest BCUT2D eigenvalue weighted by atomic mass is 32.3. The molecule has 2 heterocycles. The molecule has 0 aromatic heterocycles. The molecule has 0 fully saturated rings. The molecule has 0 N–H and O–H groups in total. The van der Waals surface area contributed by atoms with Crippen LogP contribution in [0, 0.1) is 0 Å². The first-order valence-electron chi connectivity index (χ1n) is 10.9. The van der Waals surface area contributed by atoms with Crippen molar-refractivity contribution in [3.05, 3.63) is 52.6 Å². The van der Waals surface area contributed by atoms with Crippen LogP contribution in [0.25, 0.3) is 0 Å². The Kier molecular flexibility index (Phi) is 5.56. The van der Waals surface area contributed by atoms with E-state index in [9.17, 15) is 16.8 Å². The molecule has 10 heteroatoms. The van der Waals surface area contributed by atoms with Crippen LogP contribution >= 0.6 is 0 Å². The molecule has 4 rings (SSSR count). The Morgan fingerprint density at radius 3 is 2.24 bits per heavy atom. The van der Waals surface area contributed by atoms with E-state index in [1.807, 2.05) is 39.8 Å². The zero-order chi connectivity index (χ0) is 25.3. The molecule has 0 bridgehead atoms. The van der Waals surface area contributed by atoms with Gasteiger partial charge in [-0.2, -0.15) is 3.71 Å². The van der Waals surface area contributed by atoms with E-state index in [1.54, 1.807) is 19.2 Å². The highest BCUT2D eigenvalue weighted by Crippen LogP contribution is 2.48. The smallest absolute Gasteiger partial charge is 0.245 e. The van der Waals surface area contributed by atoms with Gasteiger partial charge in [0, 0.05) is 23.1 Å². The van der Waals surface area contributed by atoms with Gasteiger partial charge in [0.25, 0.3) is 0 Å². The first-order chi connectivity index (χ1) is 15.5. The van der Waals surface area contributed by atoms with E-state index >= 15 is 0 Å². The predicted molar refractivity (Wildman–Crippen MR) is 133 cm³/mol. The maximum atomic E-state index is 12.3. The summed E-state index contributed by atoms with van der Waals surface area (Å²) in [5.41, 5.74) is 3.46. The first-order valence-corrected chi connectivity index (χ1v) is 14.5. The van der Waals surface area contributed by atoms with Crippen LogP contribution in [0.15, 0.2) is 35.3 Å². The van der Waals surface area contributed by atoms with E-state index in [0.717, 1.165) is 29.2 Å². The molecule has 34 heavy (non-hydrogen) atoms. The fraction of sp³-hybridized carbons (Fsp3) is 0.458. The zero-order valence-electron chi connectivity index (χ0n) is 20.5. The Morgan fingerprint density at radius 2 is 1.65 bits per heavy atom. The third kappa shape index (κ3) is 4.40. The Labute approximate surface area is 201 Å². The average Bonchev–Trinajstić information content (AvgIpc) is 2.98. The SMILES string of the molecule is COc1cc2c(c3c1OC(C)(C)C3)C(c1cccc(N(S(C)(=O)=O)S(C)(=O)=O)c1)=NC(C)(C)C2. The van der Waals surface area contributed by atoms with Gasteiger partial charge in [0.2, 0.25) is 20.0 Å². The van der Waals surface area contributed by atoms with Crippen LogP contribution in [0.2, 0.25) is 0 Å². The van der Waals surface area contributed by atoms with E-state index in [2.05, 4.69) is 0 Å². The van der Waals surface area contributed by atoms with Crippen LogP contribution in [-0.4, -0.2) is 53.3 Å². The summed E-state index contributed by atoms with van der Waals surface area (Å²) in [6, 6.07) is 8.46. The number of ether oxygens (including phenoxy) is 2. The van der Waals surface area contributed by atoms with Gasteiger partial charge in [-0.25, -0.2) is 16.8 Å². The third-order valence-corrected chi connectivity index (χ3v) is 9.09. The van der Waals surface area contributed by atoms with Gasteiger partial charge in [-0.1, -0.05) is 12.1 Å². The molecular weight excluding hydrogens is 476 g/mol. The Bertz CT molecular complexity index is 1390. The second kappa shape index (κ2) is 7.71. The zero-order valence-corrected chi connectivity index (χ0v) is 22.1. The van der Waals surface area contributed by atoms with Gasteiger partial charge in [-0.3, -0.25) is 4.99 Å². The van der Waals surface area contributed by atoms with Gasteiger partial charge in [-0.05, 0) is 57.9 Å². The molecular formula is C24H30N2O6S2. The highest BCUT2D eigenvalue weighted by Gasteiger charge is 2.40. The van der Waals surface area contributed by atoms with Crippen molar-refractivity contribution in [2.75, 3.05) is 23.3 Å². The van der Waals surface area contributed by atoms with Crippen molar-refractivity contribution < 1.29 is 26.3 Å². The summed E-state index contributed by atoms with van der Waals surface area (Å²) in [5.74, 6) is 1.36. The number of nitrogens with zero attached hydrogens (tertiary/aromatic N) is 2. The Morgan fingerprint density at radius 1 is 1.00 bits per heavy atom. The minimum Gasteiger partial charge on any atom is -0.493 e. The van der Waals surface area contributed by atoms with Gasteiger partial charge in [-0.15, -0.1) is 0 Å². The minimum atomic E-state index is -4.07. The molecule has 0 saturated carbocycles. The predicted octanol–water partition coefficient (Wildman–Crippen LogP) is 3.31. The lowest BCUT2D eigenvalue weighted by atomic mass is 9.81. The summed E-state index contributed by atoms with van der Waals surface area (Å²) in [6.45, 7) is 8.08. The van der Waals surface area contributed by atoms with Gasteiger partial charge < -0.3 is 9.47 Å². The molecule has 0 unspecified atom stereocenters. The molecule has 0 spiro atoms. The average molecular weight is 507 g/mol. The van der Waals surface area contributed by atoms with Crippen molar-refractivity contribution in [1.82, 2.24) is 0 Å². The fourth-order valence-corrected chi connectivity index (χ4v) is 7.79. The lowest BCUT2D eigenvalue weighted by Crippen LogP contribution is -2.35. The van der Waals surface area contributed by atoms with E-state index in [4.69, 9.17) is 14.5 Å². The van der Waals surface area contributed by atoms with Crippen molar-refractivity contribution in [3.8, 4) is 11.5 Å². The molecule has 2 aromatic carbocycles. The number of rotatable bonds is 5. The number of methoxy groups -OCH3 is 1. The second-order valence-electron chi connectivity index (χ2n) is 10.2. The molecule has 8 nitrogen and oxygen atoms in total. The molecule has 0 amide bonds. The summed E-state index contributed by atoms with van der Waals surface area (Å²) >= 11 is 0. The van der Waals surface area contributed by atoms with Crippen LogP contribution in [0.3, 0.4) is 0 Å². The van der Waals surface area contributed by atoms with Crippen LogP contribution < -0.4 is 13.2 Å². The molecule has 0 radical (unpaired) electrons. The van der Waals surface area contributed by atoms with E-state index in [-0.39, 0.29) is 5.69 Å². The van der Waals surface area contributed by atoms with Gasteiger partial charge >= 0.3 is 0 Å². The minimum absolute atomic E-state index is 0.0388. The summed E-state index contributed by atoms with van der Waals surface area (Å²) in [7, 11) is -6.52. The molecule has 2 aromatic rings. The maximum absolute atomic E-state index is 12.3. The first kappa shape index (κ1) is 24.5. The summed E-state index contributed by atoms with van der Waals surface area (Å²) in [5, 5.41) is 0. The lowest BCUT2D eigenvalue weighted by molar-refractivity contribution is 0.134. The quantitative estimate of drug-likeness (QED) is 0.617. The molecule has 0 atom stereocenters. The van der Waals surface area contributed by atoms with Crippen molar-refractivity contribution >= 4 is 31.4 Å². The van der Waals surface area contributed by atoms with Gasteiger partial charge in [0.1, 0.15) is 5.60 Å². The summed E-state index contributed by atoms with van der Waals surface area (Å²) in [6.07, 6.45) is 3.08. The molecule has 2 aliphatic rings. The number of aliphatic imine (C=N–C) groups is 1. The molecule has 0 saturated heterocycles. The normalized spacial score (nSPS) is 18.4. The monoisotopic (exact) mass is 506 g/mol. The van der Waals surface area contributed by atoms with Crippen LogP contribution in [-0.2, 0) is 32.9 Å². The van der Waals surface area contributed by atoms with E-state index in [1.165, 1.54) is 6.07 Å². The van der Waals surface area contributed by atoms with Crippen molar-refractivity contribution in [1.29, 1.82) is 0 Å². The fourth-order valence-electron chi connectivity index (χ4n) is 4.83. The third-order valence-electron chi connectivity index (χ3n) is 5.83. The number of sulfonamides is 2. The molecule has 0 aliphatic carbocycles. The Balaban J connectivity index is 1.97. The van der Waals surface area contributed by atoms with Crippen LogP contribution in [0.4, 0.5) is 5.69 Å².